The minimum atomic E-state index is 0.752. The molecule has 2 heterocycles. The third kappa shape index (κ3) is 2.23. The number of hydrogen-bond donors (Lipinski definition) is 1. The molecule has 1 aliphatic heterocycles. The Hall–Kier alpha value is -1.84. The Balaban J connectivity index is 1.89. The number of H-pyrrole nitrogens is 1. The van der Waals surface area contributed by atoms with E-state index in [9.17, 15) is 0 Å². The summed E-state index contributed by atoms with van der Waals surface area (Å²) in [5.41, 5.74) is 2.18. The van der Waals surface area contributed by atoms with Crippen LogP contribution in [0.5, 0.6) is 0 Å². The van der Waals surface area contributed by atoms with Gasteiger partial charge < -0.3 is 9.88 Å². The van der Waals surface area contributed by atoms with Gasteiger partial charge in [0.25, 0.3) is 0 Å². The fourth-order valence-electron chi connectivity index (χ4n) is 3.14. The number of nitrogens with zero attached hydrogens (tertiary/aromatic N) is 3. The van der Waals surface area contributed by atoms with E-state index >= 15 is 0 Å². The van der Waals surface area contributed by atoms with Crippen molar-refractivity contribution in [3.05, 3.63) is 24.2 Å². The largest absolute Gasteiger partial charge is 0.345 e. The summed E-state index contributed by atoms with van der Waals surface area (Å²) in [4.78, 5) is 13.8. The zero-order chi connectivity index (χ0) is 13.2. The Labute approximate surface area is 114 Å². The Morgan fingerprint density at radius 3 is 3.21 bits per heavy atom. The van der Waals surface area contributed by atoms with E-state index < -0.39 is 0 Å². The summed E-state index contributed by atoms with van der Waals surface area (Å²) in [5, 5.41) is 0. The number of rotatable bonds is 3. The zero-order valence-corrected chi connectivity index (χ0v) is 11.3. The molecule has 2 atom stereocenters. The Kier molecular flexibility index (Phi) is 3.23. The predicted octanol–water partition coefficient (Wildman–Crippen LogP) is 3.52. The molecule has 19 heavy (non-hydrogen) atoms. The van der Waals surface area contributed by atoms with Crippen LogP contribution in [0, 0.1) is 11.8 Å². The van der Waals surface area contributed by atoms with Gasteiger partial charge in [-0.2, -0.15) is 0 Å². The van der Waals surface area contributed by atoms with Crippen LogP contribution in [0.15, 0.2) is 34.1 Å². The van der Waals surface area contributed by atoms with E-state index in [1.165, 1.54) is 19.3 Å². The van der Waals surface area contributed by atoms with Crippen LogP contribution >= 0.6 is 0 Å². The van der Waals surface area contributed by atoms with Gasteiger partial charge >= 0.3 is 0 Å². The average Bonchev–Trinajstić information content (AvgIpc) is 3.02. The molecular weight excluding hydrogens is 236 g/mol. The minimum Gasteiger partial charge on any atom is -0.345 e. The van der Waals surface area contributed by atoms with Gasteiger partial charge in [0, 0.05) is 12.7 Å². The van der Waals surface area contributed by atoms with Crippen LogP contribution in [0.3, 0.4) is 0 Å². The standard InChI is InChI=1S/C15H20N4/c1-11-4-3-5-12(11)10-19-13(8-16-2)9-18-15-14(19)6-7-17-15/h6-9,11-12,17H,2-5,10H2,1H3/b13-8-. The molecule has 0 aromatic carbocycles. The first kappa shape index (κ1) is 12.2. The van der Waals surface area contributed by atoms with Gasteiger partial charge in [-0.15, -0.1) is 0 Å². The quantitative estimate of drug-likeness (QED) is 0.826. The van der Waals surface area contributed by atoms with Gasteiger partial charge in [-0.25, -0.2) is 4.99 Å². The van der Waals surface area contributed by atoms with Crippen LogP contribution in [0.25, 0.3) is 0 Å². The van der Waals surface area contributed by atoms with E-state index in [4.69, 9.17) is 0 Å². The topological polar surface area (TPSA) is 43.8 Å². The molecule has 100 valence electrons. The summed E-state index contributed by atoms with van der Waals surface area (Å²) in [6.45, 7) is 6.96. The van der Waals surface area contributed by atoms with E-state index in [-0.39, 0.29) is 0 Å². The van der Waals surface area contributed by atoms with E-state index in [0.717, 1.165) is 35.6 Å². The number of aliphatic imine (C=N–C) groups is 2. The van der Waals surface area contributed by atoms with Crippen LogP contribution in [-0.2, 0) is 0 Å². The number of fused-ring (bicyclic) bond motifs is 1. The fraction of sp³-hybridized carbons (Fsp3) is 0.467. The van der Waals surface area contributed by atoms with Crippen molar-refractivity contribution in [1.29, 1.82) is 0 Å². The van der Waals surface area contributed by atoms with Crippen molar-refractivity contribution in [3.63, 3.8) is 0 Å². The number of anilines is 1. The highest BCUT2D eigenvalue weighted by Crippen LogP contribution is 2.38. The molecule has 3 rings (SSSR count). The lowest BCUT2D eigenvalue weighted by molar-refractivity contribution is 0.424. The zero-order valence-electron chi connectivity index (χ0n) is 11.3. The first-order valence-electron chi connectivity index (χ1n) is 6.94. The molecule has 1 aromatic rings. The number of nitrogens with one attached hydrogen (secondary N) is 1. The summed E-state index contributed by atoms with van der Waals surface area (Å²) in [6.07, 6.45) is 9.63. The Morgan fingerprint density at radius 2 is 2.47 bits per heavy atom. The van der Waals surface area contributed by atoms with Gasteiger partial charge in [0.05, 0.1) is 23.8 Å². The molecule has 4 heteroatoms. The van der Waals surface area contributed by atoms with Crippen molar-refractivity contribution in [2.24, 2.45) is 21.8 Å². The highest BCUT2D eigenvalue weighted by Gasteiger charge is 2.28. The number of aromatic nitrogens is 1. The smallest absolute Gasteiger partial charge is 0.154 e. The van der Waals surface area contributed by atoms with Crippen LogP contribution < -0.4 is 4.90 Å². The van der Waals surface area contributed by atoms with Crippen LogP contribution in [0.4, 0.5) is 11.5 Å². The van der Waals surface area contributed by atoms with Crippen molar-refractivity contribution < 1.29 is 0 Å². The molecule has 0 bridgehead atoms. The van der Waals surface area contributed by atoms with Gasteiger partial charge in [-0.1, -0.05) is 19.8 Å². The van der Waals surface area contributed by atoms with Gasteiger partial charge in [0.15, 0.2) is 5.82 Å². The van der Waals surface area contributed by atoms with Crippen molar-refractivity contribution in [2.45, 2.75) is 26.2 Å². The second-order valence-corrected chi connectivity index (χ2v) is 5.49. The molecule has 0 spiro atoms. The van der Waals surface area contributed by atoms with Crippen molar-refractivity contribution in [3.8, 4) is 0 Å². The van der Waals surface area contributed by atoms with Crippen molar-refractivity contribution in [1.82, 2.24) is 4.98 Å². The highest BCUT2D eigenvalue weighted by molar-refractivity contribution is 5.92. The lowest BCUT2D eigenvalue weighted by Crippen LogP contribution is -2.31. The average molecular weight is 256 g/mol. The maximum atomic E-state index is 4.42. The minimum absolute atomic E-state index is 0.752. The Morgan fingerprint density at radius 1 is 1.58 bits per heavy atom. The molecule has 1 N–H and O–H groups in total. The molecule has 1 fully saturated rings. The molecule has 1 saturated carbocycles. The molecule has 0 radical (unpaired) electrons. The monoisotopic (exact) mass is 256 g/mol. The van der Waals surface area contributed by atoms with Gasteiger partial charge in [0.2, 0.25) is 0 Å². The van der Waals surface area contributed by atoms with E-state index in [1.807, 2.05) is 12.4 Å². The van der Waals surface area contributed by atoms with Crippen LogP contribution in [0.2, 0.25) is 0 Å². The molecular formula is C15H20N4. The van der Waals surface area contributed by atoms with Crippen molar-refractivity contribution in [2.75, 3.05) is 11.4 Å². The second-order valence-electron chi connectivity index (χ2n) is 5.49. The lowest BCUT2D eigenvalue weighted by atomic mass is 9.97. The first-order valence-corrected chi connectivity index (χ1v) is 6.94. The van der Waals surface area contributed by atoms with Crippen LogP contribution in [0.1, 0.15) is 26.2 Å². The molecule has 0 saturated heterocycles. The number of hydrogen-bond acceptors (Lipinski definition) is 3. The molecule has 4 nitrogen and oxygen atoms in total. The summed E-state index contributed by atoms with van der Waals surface area (Å²) in [7, 11) is 0. The summed E-state index contributed by atoms with van der Waals surface area (Å²) in [5.74, 6) is 2.49. The van der Waals surface area contributed by atoms with E-state index in [2.05, 4.69) is 39.6 Å². The Bertz CT molecular complexity index is 526. The van der Waals surface area contributed by atoms with Crippen LogP contribution in [-0.4, -0.2) is 24.5 Å². The maximum absolute atomic E-state index is 4.42. The van der Waals surface area contributed by atoms with E-state index in [1.54, 1.807) is 6.20 Å². The molecule has 1 aromatic heterocycles. The molecule has 2 aliphatic rings. The molecule has 1 aliphatic carbocycles. The fourth-order valence-corrected chi connectivity index (χ4v) is 3.14. The third-order valence-electron chi connectivity index (χ3n) is 4.31. The highest BCUT2D eigenvalue weighted by atomic mass is 15.2. The summed E-state index contributed by atoms with van der Waals surface area (Å²) >= 11 is 0. The molecule has 0 amide bonds. The summed E-state index contributed by atoms with van der Waals surface area (Å²) < 4.78 is 0. The molecule has 2 unspecified atom stereocenters. The van der Waals surface area contributed by atoms with E-state index in [0.29, 0.717) is 0 Å². The summed E-state index contributed by atoms with van der Waals surface area (Å²) in [6, 6.07) is 2.09. The first-order chi connectivity index (χ1) is 9.29. The predicted molar refractivity (Wildman–Crippen MR) is 80.4 cm³/mol. The normalized spacial score (nSPS) is 27.8. The number of aromatic amines is 1. The van der Waals surface area contributed by atoms with Gasteiger partial charge in [-0.3, -0.25) is 4.99 Å². The maximum Gasteiger partial charge on any atom is 0.154 e. The third-order valence-corrected chi connectivity index (χ3v) is 4.31. The van der Waals surface area contributed by atoms with Gasteiger partial charge in [-0.05, 0) is 31.0 Å². The van der Waals surface area contributed by atoms with Gasteiger partial charge in [0.1, 0.15) is 0 Å². The second kappa shape index (κ2) is 5.03. The lowest BCUT2D eigenvalue weighted by Gasteiger charge is -2.31. The number of allylic oxidation sites excluding steroid dienone is 1. The SMILES string of the molecule is C=N/C=C1/C=Nc2[nH]ccc2N1CC1CCCC1C. The van der Waals surface area contributed by atoms with Crippen molar-refractivity contribution >= 4 is 24.4 Å².